The Hall–Kier alpha value is -2.65. The van der Waals surface area contributed by atoms with E-state index in [9.17, 15) is 0 Å². The Kier molecular flexibility index (Phi) is 5.73. The summed E-state index contributed by atoms with van der Waals surface area (Å²) >= 11 is 0. The Morgan fingerprint density at radius 1 is 0.857 bits per heavy atom. The molecule has 2 heterocycles. The van der Waals surface area contributed by atoms with Crippen molar-refractivity contribution in [1.82, 2.24) is 9.55 Å². The lowest BCUT2D eigenvalue weighted by Gasteiger charge is -2.18. The van der Waals surface area contributed by atoms with Crippen molar-refractivity contribution in [3.05, 3.63) is 78.1 Å². The van der Waals surface area contributed by atoms with Crippen LogP contribution in [0.2, 0.25) is 0 Å². The molecule has 0 bridgehead atoms. The Balaban J connectivity index is 1.64. The summed E-state index contributed by atoms with van der Waals surface area (Å²) in [6.07, 6.45) is 3.23. The lowest BCUT2D eigenvalue weighted by molar-refractivity contribution is 0.189. The molecule has 0 spiro atoms. The molecule has 1 atom stereocenters. The van der Waals surface area contributed by atoms with E-state index in [2.05, 4.69) is 78.2 Å². The van der Waals surface area contributed by atoms with E-state index < -0.39 is 0 Å². The summed E-state index contributed by atoms with van der Waals surface area (Å²) in [5.41, 5.74) is 4.93. The maximum Gasteiger partial charge on any atom is 0.0491 e. The minimum absolute atomic E-state index is 0.440. The van der Waals surface area contributed by atoms with Crippen LogP contribution >= 0.6 is 0 Å². The lowest BCUT2D eigenvalue weighted by atomic mass is 9.95. The summed E-state index contributed by atoms with van der Waals surface area (Å²) in [5.74, 6) is 0.440. The van der Waals surface area contributed by atoms with Crippen molar-refractivity contribution in [3.8, 4) is 0 Å². The molecular weight excluding hydrogens is 344 g/mol. The molecule has 3 nitrogen and oxygen atoms in total. The van der Waals surface area contributed by atoms with E-state index in [0.29, 0.717) is 5.92 Å². The number of para-hydroxylation sites is 2. The van der Waals surface area contributed by atoms with Gasteiger partial charge >= 0.3 is 0 Å². The molecule has 0 saturated heterocycles. The molecule has 0 amide bonds. The number of methoxy groups -OCH3 is 1. The van der Waals surface area contributed by atoms with Gasteiger partial charge in [-0.25, -0.2) is 0 Å². The van der Waals surface area contributed by atoms with Crippen LogP contribution in [0.4, 0.5) is 0 Å². The molecule has 28 heavy (non-hydrogen) atoms. The molecule has 0 N–H and O–H groups in total. The maximum atomic E-state index is 5.29. The average Bonchev–Trinajstić information content (AvgIpc) is 3.05. The molecule has 3 heteroatoms. The summed E-state index contributed by atoms with van der Waals surface area (Å²) in [6.45, 7) is 3.86. The lowest BCUT2D eigenvalue weighted by Crippen LogP contribution is -2.08. The summed E-state index contributed by atoms with van der Waals surface area (Å²) < 4.78 is 7.77. The topological polar surface area (TPSA) is 27.1 Å². The molecule has 4 rings (SSSR count). The fourth-order valence-electron chi connectivity index (χ4n) is 4.23. The molecule has 2 aromatic carbocycles. The number of rotatable bonds is 8. The molecule has 0 radical (unpaired) electrons. The zero-order valence-corrected chi connectivity index (χ0v) is 16.8. The molecule has 144 valence electrons. The smallest absolute Gasteiger partial charge is 0.0491 e. The molecule has 0 aliphatic carbocycles. The molecule has 4 aromatic rings. The van der Waals surface area contributed by atoms with Gasteiger partial charge < -0.3 is 9.30 Å². The van der Waals surface area contributed by atoms with Gasteiger partial charge in [0.05, 0.1) is 0 Å². The second kappa shape index (κ2) is 8.57. The highest BCUT2D eigenvalue weighted by Gasteiger charge is 2.16. The van der Waals surface area contributed by atoms with E-state index >= 15 is 0 Å². The zero-order valence-electron chi connectivity index (χ0n) is 16.8. The third-order valence-corrected chi connectivity index (χ3v) is 5.61. The Bertz CT molecular complexity index is 1010. The van der Waals surface area contributed by atoms with Gasteiger partial charge in [-0.1, -0.05) is 42.5 Å². The fraction of sp³-hybridized carbons (Fsp3) is 0.320. The maximum absolute atomic E-state index is 5.29. The number of benzene rings is 2. The second-order valence-corrected chi connectivity index (χ2v) is 7.51. The van der Waals surface area contributed by atoms with Crippen LogP contribution in [0.1, 0.15) is 36.6 Å². The van der Waals surface area contributed by atoms with E-state index in [1.165, 1.54) is 27.5 Å². The van der Waals surface area contributed by atoms with Gasteiger partial charge in [0.15, 0.2) is 0 Å². The Morgan fingerprint density at radius 3 is 2.18 bits per heavy atom. The molecule has 0 fully saturated rings. The summed E-state index contributed by atoms with van der Waals surface area (Å²) in [7, 11) is 1.78. The summed E-state index contributed by atoms with van der Waals surface area (Å²) in [4.78, 5) is 4.83. The van der Waals surface area contributed by atoms with Crippen molar-refractivity contribution in [2.75, 3.05) is 13.7 Å². The van der Waals surface area contributed by atoms with Gasteiger partial charge in [0.1, 0.15) is 0 Å². The molecule has 2 aromatic heterocycles. The normalized spacial score (nSPS) is 12.6. The highest BCUT2D eigenvalue weighted by Crippen LogP contribution is 2.31. The van der Waals surface area contributed by atoms with Crippen LogP contribution in [-0.4, -0.2) is 23.3 Å². The Labute approximate surface area is 167 Å². The first-order valence-electron chi connectivity index (χ1n) is 10.2. The monoisotopic (exact) mass is 372 g/mol. The first kappa shape index (κ1) is 18.7. The fourth-order valence-corrected chi connectivity index (χ4v) is 4.23. The third kappa shape index (κ3) is 3.81. The third-order valence-electron chi connectivity index (χ3n) is 5.61. The van der Waals surface area contributed by atoms with Crippen molar-refractivity contribution in [2.24, 2.45) is 0 Å². The summed E-state index contributed by atoms with van der Waals surface area (Å²) in [6, 6.07) is 23.8. The molecule has 0 saturated carbocycles. The standard InChI is InChI=1S/C25H28N2O/c1-19-9-7-13-23(26-19)20(10-8-18-28-2)16-17-27-24-14-5-3-11-21(24)22-12-4-6-15-25(22)27/h3-7,9,11-15,20H,8,10,16-18H2,1-2H3. The van der Waals surface area contributed by atoms with Gasteiger partial charge in [0.2, 0.25) is 0 Å². The number of aryl methyl sites for hydroxylation is 2. The van der Waals surface area contributed by atoms with Crippen LogP contribution in [0.15, 0.2) is 66.7 Å². The van der Waals surface area contributed by atoms with Crippen LogP contribution in [0.25, 0.3) is 21.8 Å². The van der Waals surface area contributed by atoms with Crippen molar-refractivity contribution in [3.63, 3.8) is 0 Å². The van der Waals surface area contributed by atoms with Gasteiger partial charge in [-0.3, -0.25) is 4.98 Å². The molecule has 1 unspecified atom stereocenters. The summed E-state index contributed by atoms with van der Waals surface area (Å²) in [5, 5.41) is 2.67. The number of pyridine rings is 1. The highest BCUT2D eigenvalue weighted by molar-refractivity contribution is 6.07. The van der Waals surface area contributed by atoms with Gasteiger partial charge in [-0.05, 0) is 50.5 Å². The number of nitrogens with zero attached hydrogens (tertiary/aromatic N) is 2. The van der Waals surface area contributed by atoms with Crippen molar-refractivity contribution < 1.29 is 4.74 Å². The van der Waals surface area contributed by atoms with Gasteiger partial charge in [-0.15, -0.1) is 0 Å². The highest BCUT2D eigenvalue weighted by atomic mass is 16.5. The number of ether oxygens (including phenoxy) is 1. The van der Waals surface area contributed by atoms with E-state index in [0.717, 1.165) is 38.1 Å². The second-order valence-electron chi connectivity index (χ2n) is 7.51. The quantitative estimate of drug-likeness (QED) is 0.350. The van der Waals surface area contributed by atoms with Crippen LogP contribution in [0.5, 0.6) is 0 Å². The first-order chi connectivity index (χ1) is 13.8. The van der Waals surface area contributed by atoms with Crippen LogP contribution in [0.3, 0.4) is 0 Å². The van der Waals surface area contributed by atoms with E-state index in [1.807, 2.05) is 0 Å². The zero-order chi connectivity index (χ0) is 19.3. The first-order valence-corrected chi connectivity index (χ1v) is 10.2. The van der Waals surface area contributed by atoms with Crippen molar-refractivity contribution in [1.29, 1.82) is 0 Å². The molecule has 0 aliphatic heterocycles. The molecule has 0 aliphatic rings. The van der Waals surface area contributed by atoms with Crippen molar-refractivity contribution >= 4 is 21.8 Å². The minimum atomic E-state index is 0.440. The van der Waals surface area contributed by atoms with Crippen molar-refractivity contribution in [2.45, 2.75) is 38.6 Å². The van der Waals surface area contributed by atoms with Crippen LogP contribution in [0, 0.1) is 6.92 Å². The largest absolute Gasteiger partial charge is 0.385 e. The average molecular weight is 373 g/mol. The van der Waals surface area contributed by atoms with Gasteiger partial charge in [0.25, 0.3) is 0 Å². The van der Waals surface area contributed by atoms with E-state index in [-0.39, 0.29) is 0 Å². The molecular formula is C25H28N2O. The number of hydrogen-bond donors (Lipinski definition) is 0. The van der Waals surface area contributed by atoms with Gasteiger partial charge in [0, 0.05) is 59.4 Å². The SMILES string of the molecule is COCCCC(CCn1c2ccccc2c2ccccc21)c1cccc(C)n1. The number of fused-ring (bicyclic) bond motifs is 3. The predicted molar refractivity (Wildman–Crippen MR) is 117 cm³/mol. The Morgan fingerprint density at radius 2 is 1.54 bits per heavy atom. The van der Waals surface area contributed by atoms with Crippen LogP contribution < -0.4 is 0 Å². The number of hydrogen-bond acceptors (Lipinski definition) is 2. The van der Waals surface area contributed by atoms with E-state index in [1.54, 1.807) is 7.11 Å². The van der Waals surface area contributed by atoms with E-state index in [4.69, 9.17) is 9.72 Å². The van der Waals surface area contributed by atoms with Crippen LogP contribution in [-0.2, 0) is 11.3 Å². The van der Waals surface area contributed by atoms with Gasteiger partial charge in [-0.2, -0.15) is 0 Å². The minimum Gasteiger partial charge on any atom is -0.385 e. The number of aromatic nitrogens is 2. The predicted octanol–water partition coefficient (Wildman–Crippen LogP) is 6.10.